The van der Waals surface area contributed by atoms with Crippen molar-refractivity contribution < 1.29 is 18.3 Å². The molecule has 1 atom stereocenters. The Hall–Kier alpha value is -1.40. The molecule has 2 N–H and O–H groups in total. The summed E-state index contributed by atoms with van der Waals surface area (Å²) in [6.45, 7) is 1.29. The summed E-state index contributed by atoms with van der Waals surface area (Å²) in [6.07, 6.45) is 0.364. The van der Waals surface area contributed by atoms with E-state index in [-0.39, 0.29) is 5.75 Å². The van der Waals surface area contributed by atoms with Gasteiger partial charge in [-0.2, -0.15) is 0 Å². The minimum absolute atomic E-state index is 0.116. The van der Waals surface area contributed by atoms with Crippen LogP contribution >= 0.6 is 0 Å². The molecule has 0 aliphatic heterocycles. The lowest BCUT2D eigenvalue weighted by atomic mass is 10.2. The van der Waals surface area contributed by atoms with E-state index in [4.69, 9.17) is 5.11 Å². The van der Waals surface area contributed by atoms with Crippen LogP contribution in [0.4, 0.5) is 0 Å². The first kappa shape index (κ1) is 13.7. The van der Waals surface area contributed by atoms with Gasteiger partial charge in [0.25, 0.3) is 0 Å². The second-order valence-electron chi connectivity index (χ2n) is 3.73. The zero-order chi connectivity index (χ0) is 12.9. The maximum absolute atomic E-state index is 11.5. The molecule has 1 unspecified atom stereocenters. The van der Waals surface area contributed by atoms with Crippen LogP contribution in [0, 0.1) is 0 Å². The molecule has 0 saturated heterocycles. The number of rotatable bonds is 6. The van der Waals surface area contributed by atoms with Gasteiger partial charge < -0.3 is 5.11 Å². The zero-order valence-corrected chi connectivity index (χ0v) is 10.3. The molecule has 0 amide bonds. The third-order valence-corrected chi connectivity index (χ3v) is 3.68. The van der Waals surface area contributed by atoms with Gasteiger partial charge in [0.15, 0.2) is 0 Å². The summed E-state index contributed by atoms with van der Waals surface area (Å²) in [6, 6.07) is 8.07. The third-order valence-electron chi connectivity index (χ3n) is 2.23. The number of nitrogens with one attached hydrogen (secondary N) is 1. The van der Waals surface area contributed by atoms with E-state index in [1.54, 1.807) is 0 Å². The number of carboxylic acid groups (broad SMARTS) is 1. The fourth-order valence-corrected chi connectivity index (χ4v) is 2.54. The van der Waals surface area contributed by atoms with Crippen molar-refractivity contribution in [3.63, 3.8) is 0 Å². The van der Waals surface area contributed by atoms with Gasteiger partial charge >= 0.3 is 5.97 Å². The van der Waals surface area contributed by atoms with Crippen molar-refractivity contribution in [1.82, 2.24) is 4.72 Å². The Kier molecular flexibility index (Phi) is 4.65. The molecule has 0 radical (unpaired) electrons. The molecular weight excluding hydrogens is 242 g/mol. The highest BCUT2D eigenvalue weighted by Gasteiger charge is 2.18. The van der Waals surface area contributed by atoms with E-state index >= 15 is 0 Å². The van der Waals surface area contributed by atoms with Crippen LogP contribution in [0.25, 0.3) is 0 Å². The molecule has 17 heavy (non-hydrogen) atoms. The van der Waals surface area contributed by atoms with Crippen molar-refractivity contribution in [2.45, 2.75) is 19.4 Å². The summed E-state index contributed by atoms with van der Waals surface area (Å²) in [4.78, 5) is 10.5. The first-order valence-electron chi connectivity index (χ1n) is 5.17. The summed E-state index contributed by atoms with van der Waals surface area (Å²) < 4.78 is 25.2. The number of benzene rings is 1. The Labute approximate surface area is 101 Å². The quantitative estimate of drug-likeness (QED) is 0.782. The molecule has 1 aromatic carbocycles. The van der Waals surface area contributed by atoms with Crippen molar-refractivity contribution >= 4 is 16.0 Å². The Bertz CT molecular complexity index is 470. The first-order chi connectivity index (χ1) is 7.91. The smallest absolute Gasteiger partial charge is 0.321 e. The van der Waals surface area contributed by atoms with Gasteiger partial charge in [0, 0.05) is 0 Å². The summed E-state index contributed by atoms with van der Waals surface area (Å²) in [5.74, 6) is -1.30. The van der Waals surface area contributed by atoms with Crippen molar-refractivity contribution in [3.8, 4) is 0 Å². The van der Waals surface area contributed by atoms with Crippen LogP contribution in [-0.2, 0) is 21.2 Å². The number of aryl methyl sites for hydroxylation is 1. The van der Waals surface area contributed by atoms with Crippen LogP contribution < -0.4 is 4.72 Å². The fraction of sp³-hybridized carbons (Fsp3) is 0.364. The largest absolute Gasteiger partial charge is 0.480 e. The maximum Gasteiger partial charge on any atom is 0.321 e. The summed E-state index contributed by atoms with van der Waals surface area (Å²) in [5, 5.41) is 8.60. The number of carboxylic acids is 1. The topological polar surface area (TPSA) is 83.5 Å². The van der Waals surface area contributed by atoms with E-state index in [9.17, 15) is 13.2 Å². The highest BCUT2D eigenvalue weighted by Crippen LogP contribution is 2.01. The van der Waals surface area contributed by atoms with Crippen molar-refractivity contribution in [1.29, 1.82) is 0 Å². The molecule has 0 saturated carbocycles. The van der Waals surface area contributed by atoms with Crippen LogP contribution in [0.1, 0.15) is 12.5 Å². The number of aliphatic carboxylic acids is 1. The van der Waals surface area contributed by atoms with E-state index in [1.807, 2.05) is 30.3 Å². The summed E-state index contributed by atoms with van der Waals surface area (Å²) in [5.41, 5.74) is 0.904. The van der Waals surface area contributed by atoms with Crippen molar-refractivity contribution in [2.75, 3.05) is 5.75 Å². The van der Waals surface area contributed by atoms with Crippen LogP contribution in [0.2, 0.25) is 0 Å². The minimum Gasteiger partial charge on any atom is -0.480 e. The maximum atomic E-state index is 11.5. The standard InChI is InChI=1S/C11H15NO4S/c1-9(11(13)14)12-17(15,16)8-7-10-5-3-2-4-6-10/h2-6,9,12H,7-8H2,1H3,(H,13,14). The molecule has 5 nitrogen and oxygen atoms in total. The van der Waals surface area contributed by atoms with Crippen LogP contribution in [0.15, 0.2) is 30.3 Å². The van der Waals surface area contributed by atoms with Crippen molar-refractivity contribution in [3.05, 3.63) is 35.9 Å². The Balaban J connectivity index is 2.54. The Morgan fingerprint density at radius 3 is 2.47 bits per heavy atom. The lowest BCUT2D eigenvalue weighted by molar-refractivity contribution is -0.138. The number of sulfonamides is 1. The molecular formula is C11H15NO4S. The highest BCUT2D eigenvalue weighted by atomic mass is 32.2. The summed E-state index contributed by atoms with van der Waals surface area (Å²) >= 11 is 0. The van der Waals surface area contributed by atoms with E-state index < -0.39 is 22.0 Å². The predicted octanol–water partition coefficient (Wildman–Crippen LogP) is 0.622. The number of carbonyl (C=O) groups is 1. The Morgan fingerprint density at radius 1 is 1.35 bits per heavy atom. The van der Waals surface area contributed by atoms with E-state index in [2.05, 4.69) is 4.72 Å². The van der Waals surface area contributed by atoms with Gasteiger partial charge in [0.05, 0.1) is 5.75 Å². The third kappa shape index (κ3) is 4.97. The number of hydrogen-bond donors (Lipinski definition) is 2. The average molecular weight is 257 g/mol. The van der Waals surface area contributed by atoms with Crippen LogP contribution in [0.3, 0.4) is 0 Å². The van der Waals surface area contributed by atoms with E-state index in [0.29, 0.717) is 6.42 Å². The van der Waals surface area contributed by atoms with Crippen molar-refractivity contribution in [2.24, 2.45) is 0 Å². The minimum atomic E-state index is -3.55. The molecule has 0 aliphatic rings. The molecule has 0 aliphatic carbocycles. The number of hydrogen-bond acceptors (Lipinski definition) is 3. The van der Waals surface area contributed by atoms with Crippen LogP contribution in [0.5, 0.6) is 0 Å². The Morgan fingerprint density at radius 2 is 1.94 bits per heavy atom. The van der Waals surface area contributed by atoms with Gasteiger partial charge in [0.2, 0.25) is 10.0 Å². The lowest BCUT2D eigenvalue weighted by Gasteiger charge is -2.09. The van der Waals surface area contributed by atoms with E-state index in [0.717, 1.165) is 5.56 Å². The molecule has 0 bridgehead atoms. The molecule has 94 valence electrons. The molecule has 0 spiro atoms. The van der Waals surface area contributed by atoms with Gasteiger partial charge in [-0.3, -0.25) is 4.79 Å². The molecule has 0 heterocycles. The lowest BCUT2D eigenvalue weighted by Crippen LogP contribution is -2.39. The van der Waals surface area contributed by atoms with Gasteiger partial charge in [-0.05, 0) is 18.9 Å². The van der Waals surface area contributed by atoms with Gasteiger partial charge in [-0.25, -0.2) is 13.1 Å². The highest BCUT2D eigenvalue weighted by molar-refractivity contribution is 7.89. The fourth-order valence-electron chi connectivity index (χ4n) is 1.28. The first-order valence-corrected chi connectivity index (χ1v) is 6.83. The van der Waals surface area contributed by atoms with Gasteiger partial charge in [-0.1, -0.05) is 30.3 Å². The molecule has 1 rings (SSSR count). The second-order valence-corrected chi connectivity index (χ2v) is 5.61. The zero-order valence-electron chi connectivity index (χ0n) is 9.46. The van der Waals surface area contributed by atoms with E-state index in [1.165, 1.54) is 6.92 Å². The van der Waals surface area contributed by atoms with Gasteiger partial charge in [0.1, 0.15) is 6.04 Å². The summed E-state index contributed by atoms with van der Waals surface area (Å²) in [7, 11) is -3.55. The van der Waals surface area contributed by atoms with Gasteiger partial charge in [-0.15, -0.1) is 0 Å². The monoisotopic (exact) mass is 257 g/mol. The van der Waals surface area contributed by atoms with Crippen LogP contribution in [-0.4, -0.2) is 31.3 Å². The molecule has 0 aromatic heterocycles. The molecule has 1 aromatic rings. The predicted molar refractivity (Wildman–Crippen MR) is 64.2 cm³/mol. The SMILES string of the molecule is CC(NS(=O)(=O)CCc1ccccc1)C(=O)O. The normalized spacial score (nSPS) is 13.2. The molecule has 0 fully saturated rings. The molecule has 6 heteroatoms. The second kappa shape index (κ2) is 5.79. The average Bonchev–Trinajstić information content (AvgIpc) is 2.27.